The van der Waals surface area contributed by atoms with Crippen molar-refractivity contribution in [1.82, 2.24) is 0 Å². The molecule has 0 unspecified atom stereocenters. The van der Waals surface area contributed by atoms with Crippen molar-refractivity contribution in [2.45, 2.75) is 27.7 Å². The first-order chi connectivity index (χ1) is 4.04. The van der Waals surface area contributed by atoms with Crippen LogP contribution >= 0.6 is 0 Å². The van der Waals surface area contributed by atoms with Gasteiger partial charge in [-0.05, 0) is 39.3 Å². The molecule has 0 fully saturated rings. The molecule has 0 radical (unpaired) electrons. The molecular formula is C8H14O. The first-order valence-electron chi connectivity index (χ1n) is 3.05. The van der Waals surface area contributed by atoms with Gasteiger partial charge in [-0.15, -0.1) is 0 Å². The van der Waals surface area contributed by atoms with Crippen LogP contribution in [0.1, 0.15) is 27.7 Å². The number of aliphatic hydroxyl groups excluding tert-OH is 1. The van der Waals surface area contributed by atoms with Crippen LogP contribution in [0.2, 0.25) is 0 Å². The molecule has 0 saturated carbocycles. The van der Waals surface area contributed by atoms with Crippen molar-refractivity contribution in [3.63, 3.8) is 0 Å². The minimum absolute atomic E-state index is 0.369. The highest BCUT2D eigenvalue weighted by molar-refractivity contribution is 5.21. The first-order valence-corrected chi connectivity index (χ1v) is 3.05. The van der Waals surface area contributed by atoms with Crippen molar-refractivity contribution in [3.8, 4) is 0 Å². The van der Waals surface area contributed by atoms with Gasteiger partial charge in [0.2, 0.25) is 0 Å². The van der Waals surface area contributed by atoms with E-state index in [0.717, 1.165) is 5.57 Å². The fourth-order valence-electron chi connectivity index (χ4n) is 0.458. The average molecular weight is 126 g/mol. The maximum absolute atomic E-state index is 8.80. The van der Waals surface area contributed by atoms with Gasteiger partial charge in [0.25, 0.3) is 0 Å². The Labute approximate surface area is 56.7 Å². The van der Waals surface area contributed by atoms with Crippen LogP contribution in [-0.2, 0) is 0 Å². The van der Waals surface area contributed by atoms with Crippen molar-refractivity contribution in [3.05, 3.63) is 23.0 Å². The first kappa shape index (κ1) is 8.28. The lowest BCUT2D eigenvalue weighted by molar-refractivity contribution is 0.414. The van der Waals surface area contributed by atoms with Gasteiger partial charge < -0.3 is 5.11 Å². The summed E-state index contributed by atoms with van der Waals surface area (Å²) in [6.07, 6.45) is 1.76. The summed E-state index contributed by atoms with van der Waals surface area (Å²) in [6, 6.07) is 0. The minimum atomic E-state index is 0.369. The number of hydrogen-bond donors (Lipinski definition) is 1. The third kappa shape index (κ3) is 3.83. The number of aliphatic hydroxyl groups is 1. The largest absolute Gasteiger partial charge is 0.513 e. The maximum Gasteiger partial charge on any atom is 0.0894 e. The monoisotopic (exact) mass is 126 g/mol. The van der Waals surface area contributed by atoms with Crippen molar-refractivity contribution in [2.75, 3.05) is 0 Å². The molecular weight excluding hydrogens is 112 g/mol. The van der Waals surface area contributed by atoms with E-state index in [1.165, 1.54) is 5.57 Å². The molecule has 0 aliphatic rings. The molecule has 0 aromatic carbocycles. The van der Waals surface area contributed by atoms with Crippen molar-refractivity contribution >= 4 is 0 Å². The van der Waals surface area contributed by atoms with Crippen molar-refractivity contribution in [2.24, 2.45) is 0 Å². The summed E-state index contributed by atoms with van der Waals surface area (Å²) in [7, 11) is 0. The van der Waals surface area contributed by atoms with E-state index in [0.29, 0.717) is 5.76 Å². The Morgan fingerprint density at radius 2 is 1.56 bits per heavy atom. The summed E-state index contributed by atoms with van der Waals surface area (Å²) < 4.78 is 0. The molecule has 9 heavy (non-hydrogen) atoms. The highest BCUT2D eigenvalue weighted by Crippen LogP contribution is 2.04. The summed E-state index contributed by atoms with van der Waals surface area (Å²) >= 11 is 0. The van der Waals surface area contributed by atoms with E-state index in [1.54, 1.807) is 13.0 Å². The van der Waals surface area contributed by atoms with Crippen molar-refractivity contribution < 1.29 is 5.11 Å². The fraction of sp³-hybridized carbons (Fsp3) is 0.500. The van der Waals surface area contributed by atoms with Crippen LogP contribution in [0.15, 0.2) is 23.0 Å². The Morgan fingerprint density at radius 3 is 1.67 bits per heavy atom. The van der Waals surface area contributed by atoms with E-state index in [2.05, 4.69) is 0 Å². The molecule has 0 aliphatic carbocycles. The van der Waals surface area contributed by atoms with E-state index in [4.69, 9.17) is 5.11 Å². The topological polar surface area (TPSA) is 20.2 Å². The second-order valence-electron chi connectivity index (χ2n) is 2.47. The van der Waals surface area contributed by atoms with Gasteiger partial charge in [0, 0.05) is 0 Å². The van der Waals surface area contributed by atoms with Crippen LogP contribution in [0.4, 0.5) is 0 Å². The lowest BCUT2D eigenvalue weighted by Crippen LogP contribution is -1.76. The average Bonchev–Trinajstić information content (AvgIpc) is 1.63. The maximum atomic E-state index is 8.80. The Kier molecular flexibility index (Phi) is 3.07. The molecule has 1 nitrogen and oxygen atoms in total. The Hall–Kier alpha value is -0.720. The van der Waals surface area contributed by atoms with Gasteiger partial charge in [-0.3, -0.25) is 0 Å². The van der Waals surface area contributed by atoms with Gasteiger partial charge in [-0.1, -0.05) is 5.57 Å². The van der Waals surface area contributed by atoms with E-state index in [9.17, 15) is 0 Å². The summed E-state index contributed by atoms with van der Waals surface area (Å²) in [5.74, 6) is 0.369. The summed E-state index contributed by atoms with van der Waals surface area (Å²) in [5.41, 5.74) is 2.37. The molecule has 0 bridgehead atoms. The predicted molar refractivity (Wildman–Crippen MR) is 40.4 cm³/mol. The Balaban J connectivity index is 4.25. The number of hydrogen-bond acceptors (Lipinski definition) is 1. The van der Waals surface area contributed by atoms with E-state index < -0.39 is 0 Å². The van der Waals surface area contributed by atoms with Gasteiger partial charge >= 0.3 is 0 Å². The molecule has 0 spiro atoms. The molecule has 0 saturated heterocycles. The number of allylic oxidation sites excluding steroid dienone is 4. The summed E-state index contributed by atoms with van der Waals surface area (Å²) in [5, 5.41) is 8.80. The smallest absolute Gasteiger partial charge is 0.0894 e. The quantitative estimate of drug-likeness (QED) is 0.423. The molecule has 0 amide bonds. The molecule has 1 N–H and O–H groups in total. The molecule has 0 rings (SSSR count). The van der Waals surface area contributed by atoms with Gasteiger partial charge in [0.05, 0.1) is 5.76 Å². The lowest BCUT2D eigenvalue weighted by Gasteiger charge is -1.94. The Bertz CT molecular complexity index is 144. The zero-order chi connectivity index (χ0) is 7.44. The zero-order valence-corrected chi connectivity index (χ0v) is 6.52. The van der Waals surface area contributed by atoms with Crippen molar-refractivity contribution in [1.29, 1.82) is 0 Å². The third-order valence-corrected chi connectivity index (χ3v) is 1.21. The van der Waals surface area contributed by atoms with E-state index >= 15 is 0 Å². The highest BCUT2D eigenvalue weighted by Gasteiger charge is 1.86. The van der Waals surface area contributed by atoms with Crippen LogP contribution < -0.4 is 0 Å². The SMILES string of the molecule is CC(C)=C(C)/C=C(/C)O. The predicted octanol–water partition coefficient (Wildman–Crippen LogP) is 2.80. The summed E-state index contributed by atoms with van der Waals surface area (Å²) in [4.78, 5) is 0. The minimum Gasteiger partial charge on any atom is -0.513 e. The van der Waals surface area contributed by atoms with Gasteiger partial charge in [0.1, 0.15) is 0 Å². The van der Waals surface area contributed by atoms with Gasteiger partial charge in [-0.25, -0.2) is 0 Å². The van der Waals surface area contributed by atoms with Gasteiger partial charge in [0.15, 0.2) is 0 Å². The molecule has 1 heteroatoms. The lowest BCUT2D eigenvalue weighted by atomic mass is 10.1. The molecule has 0 aromatic heterocycles. The number of rotatable bonds is 1. The van der Waals surface area contributed by atoms with Crippen LogP contribution in [0.5, 0.6) is 0 Å². The molecule has 52 valence electrons. The standard InChI is InChI=1S/C8H14O/c1-6(2)7(3)5-8(4)9/h5,9H,1-4H3/b8-5-. The van der Waals surface area contributed by atoms with Crippen LogP contribution in [0.3, 0.4) is 0 Å². The van der Waals surface area contributed by atoms with Crippen LogP contribution in [0.25, 0.3) is 0 Å². The van der Waals surface area contributed by atoms with Crippen LogP contribution in [-0.4, -0.2) is 5.11 Å². The Morgan fingerprint density at radius 1 is 1.11 bits per heavy atom. The highest BCUT2D eigenvalue weighted by atomic mass is 16.3. The molecule has 0 aliphatic heterocycles. The zero-order valence-electron chi connectivity index (χ0n) is 6.52. The van der Waals surface area contributed by atoms with Crippen LogP contribution in [0, 0.1) is 0 Å². The molecule has 0 aromatic rings. The van der Waals surface area contributed by atoms with E-state index in [-0.39, 0.29) is 0 Å². The third-order valence-electron chi connectivity index (χ3n) is 1.21. The second kappa shape index (κ2) is 3.33. The normalized spacial score (nSPS) is 11.3. The molecule has 0 heterocycles. The molecule has 0 atom stereocenters. The fourth-order valence-corrected chi connectivity index (χ4v) is 0.458. The van der Waals surface area contributed by atoms with E-state index in [1.807, 2.05) is 20.8 Å². The second-order valence-corrected chi connectivity index (χ2v) is 2.47. The van der Waals surface area contributed by atoms with Gasteiger partial charge in [-0.2, -0.15) is 0 Å². The summed E-state index contributed by atoms with van der Waals surface area (Å²) in [6.45, 7) is 7.70.